The summed E-state index contributed by atoms with van der Waals surface area (Å²) in [4.78, 5) is 14.9. The van der Waals surface area contributed by atoms with Crippen LogP contribution < -0.4 is 0 Å². The Bertz CT molecular complexity index is 408. The average molecular weight is 288 g/mol. The highest BCUT2D eigenvalue weighted by Gasteiger charge is 2.38. The van der Waals surface area contributed by atoms with Gasteiger partial charge in [0.2, 0.25) is 5.91 Å². The molecule has 0 aromatic carbocycles. The van der Waals surface area contributed by atoms with Crippen LogP contribution in [-0.4, -0.2) is 23.4 Å². The van der Waals surface area contributed by atoms with E-state index in [0.29, 0.717) is 18.5 Å². The molecule has 3 rings (SSSR count). The third-order valence-electron chi connectivity index (χ3n) is 6.18. The normalized spacial score (nSPS) is 33.2. The maximum atomic E-state index is 12.9. The largest absolute Gasteiger partial charge is 0.326 e. The van der Waals surface area contributed by atoms with Crippen LogP contribution in [0.4, 0.5) is 0 Å². The van der Waals surface area contributed by atoms with Crippen molar-refractivity contribution in [3.05, 3.63) is 0 Å². The number of nitrogens with zero attached hydrogens (tertiary/aromatic N) is 2. The van der Waals surface area contributed by atoms with Gasteiger partial charge in [-0.25, -0.2) is 0 Å². The lowest BCUT2D eigenvalue weighted by molar-refractivity contribution is -0.139. The zero-order valence-corrected chi connectivity index (χ0v) is 13.1. The van der Waals surface area contributed by atoms with Crippen molar-refractivity contribution in [2.75, 3.05) is 6.54 Å². The summed E-state index contributed by atoms with van der Waals surface area (Å²) >= 11 is 0. The van der Waals surface area contributed by atoms with Crippen LogP contribution in [0.5, 0.6) is 0 Å². The zero-order chi connectivity index (χ0) is 14.7. The topological polar surface area (TPSA) is 44.1 Å². The Morgan fingerprint density at radius 3 is 2.33 bits per heavy atom. The molecule has 3 atom stereocenters. The van der Waals surface area contributed by atoms with Crippen LogP contribution in [0.1, 0.15) is 70.6 Å². The van der Waals surface area contributed by atoms with Crippen molar-refractivity contribution in [1.82, 2.24) is 4.90 Å². The molecule has 3 aliphatic rings. The summed E-state index contributed by atoms with van der Waals surface area (Å²) in [5, 5.41) is 9.09. The van der Waals surface area contributed by atoms with E-state index in [1.165, 1.54) is 44.9 Å². The van der Waals surface area contributed by atoms with Crippen molar-refractivity contribution in [2.24, 2.45) is 17.8 Å². The number of nitriles is 1. The van der Waals surface area contributed by atoms with E-state index in [1.54, 1.807) is 0 Å². The molecule has 21 heavy (non-hydrogen) atoms. The van der Waals surface area contributed by atoms with Crippen LogP contribution in [0.3, 0.4) is 0 Å². The summed E-state index contributed by atoms with van der Waals surface area (Å²) in [7, 11) is 0. The molecule has 116 valence electrons. The summed E-state index contributed by atoms with van der Waals surface area (Å²) < 4.78 is 0. The second kappa shape index (κ2) is 6.81. The first kappa shape index (κ1) is 14.9. The van der Waals surface area contributed by atoms with Crippen molar-refractivity contribution in [3.8, 4) is 6.07 Å². The van der Waals surface area contributed by atoms with Crippen molar-refractivity contribution < 1.29 is 4.79 Å². The lowest BCUT2D eigenvalue weighted by Crippen LogP contribution is -2.44. The summed E-state index contributed by atoms with van der Waals surface area (Å²) in [6.07, 6.45) is 13.5. The molecule has 0 saturated heterocycles. The van der Waals surface area contributed by atoms with Gasteiger partial charge in [0.05, 0.1) is 6.07 Å². The Balaban J connectivity index is 1.63. The molecule has 3 unspecified atom stereocenters. The quantitative estimate of drug-likeness (QED) is 0.740. The van der Waals surface area contributed by atoms with Crippen LogP contribution >= 0.6 is 0 Å². The number of rotatable bonds is 3. The lowest BCUT2D eigenvalue weighted by Gasteiger charge is -2.40. The summed E-state index contributed by atoms with van der Waals surface area (Å²) in [6.45, 7) is 0.300. The van der Waals surface area contributed by atoms with E-state index in [2.05, 4.69) is 6.07 Å². The van der Waals surface area contributed by atoms with Crippen molar-refractivity contribution in [1.29, 1.82) is 5.26 Å². The van der Waals surface area contributed by atoms with E-state index in [1.807, 2.05) is 4.90 Å². The molecule has 0 spiro atoms. The fourth-order valence-corrected chi connectivity index (χ4v) is 5.01. The van der Waals surface area contributed by atoms with E-state index < -0.39 is 0 Å². The van der Waals surface area contributed by atoms with Gasteiger partial charge in [-0.2, -0.15) is 5.26 Å². The van der Waals surface area contributed by atoms with Crippen molar-refractivity contribution in [3.63, 3.8) is 0 Å². The van der Waals surface area contributed by atoms with Crippen LogP contribution in [0.15, 0.2) is 0 Å². The standard InChI is InChI=1S/C18H28N2O/c19-11-12-20(17-7-3-4-8-17)18(21)16-10-9-14-5-1-2-6-15(14)13-16/h14-17H,1-10,12-13H2. The second-order valence-electron chi connectivity index (χ2n) is 7.38. The van der Waals surface area contributed by atoms with Gasteiger partial charge < -0.3 is 4.90 Å². The molecule has 3 saturated carbocycles. The predicted molar refractivity (Wildman–Crippen MR) is 82.4 cm³/mol. The molecule has 0 aromatic rings. The Morgan fingerprint density at radius 1 is 0.952 bits per heavy atom. The molecule has 3 fully saturated rings. The van der Waals surface area contributed by atoms with E-state index in [0.717, 1.165) is 37.5 Å². The minimum atomic E-state index is 0.207. The number of carbonyl (C=O) groups is 1. The second-order valence-corrected chi connectivity index (χ2v) is 7.38. The van der Waals surface area contributed by atoms with Gasteiger partial charge >= 0.3 is 0 Å². The first-order valence-corrected chi connectivity index (χ1v) is 8.97. The van der Waals surface area contributed by atoms with Gasteiger partial charge in [-0.05, 0) is 43.9 Å². The van der Waals surface area contributed by atoms with Gasteiger partial charge in [0.25, 0.3) is 0 Å². The molecular formula is C18H28N2O. The van der Waals surface area contributed by atoms with Gasteiger partial charge in [0.1, 0.15) is 6.54 Å². The smallest absolute Gasteiger partial charge is 0.226 e. The molecule has 3 nitrogen and oxygen atoms in total. The summed E-state index contributed by atoms with van der Waals surface area (Å²) in [5.41, 5.74) is 0. The van der Waals surface area contributed by atoms with Gasteiger partial charge in [0.15, 0.2) is 0 Å². The highest BCUT2D eigenvalue weighted by atomic mass is 16.2. The molecule has 0 heterocycles. The summed E-state index contributed by atoms with van der Waals surface area (Å²) in [5.74, 6) is 2.18. The Kier molecular flexibility index (Phi) is 4.83. The Morgan fingerprint density at radius 2 is 1.62 bits per heavy atom. The molecule has 3 aliphatic carbocycles. The highest BCUT2D eigenvalue weighted by molar-refractivity contribution is 5.79. The first-order chi connectivity index (χ1) is 10.3. The maximum absolute atomic E-state index is 12.9. The van der Waals surface area contributed by atoms with Gasteiger partial charge in [-0.3, -0.25) is 4.79 Å². The number of amides is 1. The molecule has 1 amide bonds. The molecule has 0 bridgehead atoms. The van der Waals surface area contributed by atoms with Crippen molar-refractivity contribution in [2.45, 2.75) is 76.7 Å². The zero-order valence-electron chi connectivity index (χ0n) is 13.1. The molecule has 0 aromatic heterocycles. The number of carbonyl (C=O) groups excluding carboxylic acids is 1. The van der Waals surface area contributed by atoms with Crippen LogP contribution in [-0.2, 0) is 4.79 Å². The van der Waals surface area contributed by atoms with Gasteiger partial charge in [0, 0.05) is 12.0 Å². The molecule has 3 heteroatoms. The number of hydrogen-bond donors (Lipinski definition) is 0. The fraction of sp³-hybridized carbons (Fsp3) is 0.889. The minimum Gasteiger partial charge on any atom is -0.326 e. The predicted octanol–water partition coefficient (Wildman–Crippen LogP) is 3.89. The SMILES string of the molecule is N#CCN(C(=O)C1CCC2CCCCC2C1)C1CCCC1. The van der Waals surface area contributed by atoms with E-state index in [4.69, 9.17) is 5.26 Å². The first-order valence-electron chi connectivity index (χ1n) is 8.97. The maximum Gasteiger partial charge on any atom is 0.226 e. The molecule has 0 radical (unpaired) electrons. The van der Waals surface area contributed by atoms with Gasteiger partial charge in [-0.15, -0.1) is 0 Å². The monoisotopic (exact) mass is 288 g/mol. The lowest BCUT2D eigenvalue weighted by atomic mass is 9.67. The van der Waals surface area contributed by atoms with Crippen LogP contribution in [0.25, 0.3) is 0 Å². The fourth-order valence-electron chi connectivity index (χ4n) is 5.01. The minimum absolute atomic E-state index is 0.207. The average Bonchev–Trinajstić information content (AvgIpc) is 3.05. The molecule has 0 aliphatic heterocycles. The van der Waals surface area contributed by atoms with Gasteiger partial charge in [-0.1, -0.05) is 38.5 Å². The summed E-state index contributed by atoms with van der Waals surface area (Å²) in [6, 6.07) is 2.57. The number of hydrogen-bond acceptors (Lipinski definition) is 2. The Hall–Kier alpha value is -1.04. The van der Waals surface area contributed by atoms with E-state index in [-0.39, 0.29) is 5.92 Å². The molecular weight excluding hydrogens is 260 g/mol. The third-order valence-corrected chi connectivity index (χ3v) is 6.18. The molecule has 0 N–H and O–H groups in total. The third kappa shape index (κ3) is 3.25. The number of fused-ring (bicyclic) bond motifs is 1. The highest BCUT2D eigenvalue weighted by Crippen LogP contribution is 2.43. The Labute approximate surface area is 128 Å². The van der Waals surface area contributed by atoms with Crippen molar-refractivity contribution >= 4 is 5.91 Å². The van der Waals surface area contributed by atoms with Crippen LogP contribution in [0.2, 0.25) is 0 Å². The van der Waals surface area contributed by atoms with E-state index in [9.17, 15) is 4.79 Å². The van der Waals surface area contributed by atoms with Crippen LogP contribution in [0, 0.1) is 29.1 Å². The van der Waals surface area contributed by atoms with E-state index >= 15 is 0 Å².